The second-order valence-electron chi connectivity index (χ2n) is 4.27. The fraction of sp³-hybridized carbons (Fsp3) is 0.429. The Balaban J connectivity index is 2.33. The van der Waals surface area contributed by atoms with Crippen LogP contribution in [-0.2, 0) is 0 Å². The summed E-state index contributed by atoms with van der Waals surface area (Å²) in [5, 5.41) is 9.60. The van der Waals surface area contributed by atoms with Gasteiger partial charge in [-0.25, -0.2) is 0 Å². The minimum atomic E-state index is -0.408. The summed E-state index contributed by atoms with van der Waals surface area (Å²) < 4.78 is 5.55. The van der Waals surface area contributed by atoms with E-state index >= 15 is 0 Å². The van der Waals surface area contributed by atoms with E-state index in [0.29, 0.717) is 13.0 Å². The summed E-state index contributed by atoms with van der Waals surface area (Å²) in [6.45, 7) is 6.52. The molecule has 1 atom stereocenters. The van der Waals surface area contributed by atoms with Crippen molar-refractivity contribution in [3.63, 3.8) is 0 Å². The van der Waals surface area contributed by atoms with Gasteiger partial charge in [-0.05, 0) is 38.5 Å². The van der Waals surface area contributed by atoms with Crippen LogP contribution in [0.3, 0.4) is 0 Å². The van der Waals surface area contributed by atoms with Crippen LogP contribution in [0.15, 0.2) is 35.9 Å². The topological polar surface area (TPSA) is 29.5 Å². The third kappa shape index (κ3) is 4.99. The molecular formula is C14H20O2. The molecule has 88 valence electrons. The van der Waals surface area contributed by atoms with Crippen LogP contribution in [0, 0.1) is 6.92 Å². The lowest BCUT2D eigenvalue weighted by Gasteiger charge is -2.09. The van der Waals surface area contributed by atoms with E-state index < -0.39 is 6.10 Å². The van der Waals surface area contributed by atoms with E-state index in [-0.39, 0.29) is 0 Å². The van der Waals surface area contributed by atoms with Crippen LogP contribution in [0.2, 0.25) is 0 Å². The highest BCUT2D eigenvalue weighted by atomic mass is 16.5. The molecule has 0 bridgehead atoms. The molecule has 1 rings (SSSR count). The van der Waals surface area contributed by atoms with Gasteiger partial charge in [0.25, 0.3) is 0 Å². The minimum absolute atomic E-state index is 0.408. The third-order valence-corrected chi connectivity index (χ3v) is 2.20. The Morgan fingerprint density at radius 3 is 2.81 bits per heavy atom. The lowest BCUT2D eigenvalue weighted by molar-refractivity contribution is 0.177. The first-order valence-electron chi connectivity index (χ1n) is 5.60. The fourth-order valence-corrected chi connectivity index (χ4v) is 1.47. The molecule has 1 aromatic rings. The molecule has 0 aliphatic carbocycles. The van der Waals surface area contributed by atoms with Gasteiger partial charge in [0.15, 0.2) is 0 Å². The van der Waals surface area contributed by atoms with Crippen LogP contribution in [0.25, 0.3) is 0 Å². The average Bonchev–Trinajstić information content (AvgIpc) is 2.16. The van der Waals surface area contributed by atoms with Gasteiger partial charge in [-0.2, -0.15) is 0 Å². The summed E-state index contributed by atoms with van der Waals surface area (Å²) in [5.74, 6) is 0.865. The monoisotopic (exact) mass is 220 g/mol. The normalized spacial score (nSPS) is 12.0. The van der Waals surface area contributed by atoms with Crippen molar-refractivity contribution in [3.05, 3.63) is 41.5 Å². The molecule has 2 heteroatoms. The summed E-state index contributed by atoms with van der Waals surface area (Å²) >= 11 is 0. The van der Waals surface area contributed by atoms with Gasteiger partial charge in [0, 0.05) is 6.42 Å². The van der Waals surface area contributed by atoms with Crippen LogP contribution in [0.4, 0.5) is 0 Å². The molecule has 16 heavy (non-hydrogen) atoms. The number of aliphatic hydroxyl groups excluding tert-OH is 1. The van der Waals surface area contributed by atoms with Gasteiger partial charge in [-0.3, -0.25) is 0 Å². The molecule has 1 unspecified atom stereocenters. The second-order valence-corrected chi connectivity index (χ2v) is 4.27. The molecule has 0 heterocycles. The van der Waals surface area contributed by atoms with Gasteiger partial charge in [0.2, 0.25) is 0 Å². The molecule has 0 saturated heterocycles. The van der Waals surface area contributed by atoms with Crippen molar-refractivity contribution >= 4 is 0 Å². The summed E-state index contributed by atoms with van der Waals surface area (Å²) in [5.41, 5.74) is 2.31. The smallest absolute Gasteiger partial charge is 0.119 e. The standard InChI is InChI=1S/C14H20O2/c1-11(2)9-13(15)7-8-16-14-6-4-5-12(3)10-14/h4-6,9-10,13,15H,7-8H2,1-3H3. The molecule has 0 saturated carbocycles. The number of rotatable bonds is 5. The highest BCUT2D eigenvalue weighted by Gasteiger charge is 2.00. The first-order valence-corrected chi connectivity index (χ1v) is 5.60. The molecule has 1 aromatic carbocycles. The Labute approximate surface area is 97.6 Å². The van der Waals surface area contributed by atoms with Gasteiger partial charge in [0.05, 0.1) is 12.7 Å². The van der Waals surface area contributed by atoms with E-state index in [2.05, 4.69) is 0 Å². The summed E-state index contributed by atoms with van der Waals surface area (Å²) in [4.78, 5) is 0. The third-order valence-electron chi connectivity index (χ3n) is 2.20. The number of aryl methyl sites for hydroxylation is 1. The second kappa shape index (κ2) is 6.33. The fourth-order valence-electron chi connectivity index (χ4n) is 1.47. The van der Waals surface area contributed by atoms with Crippen molar-refractivity contribution in [2.24, 2.45) is 0 Å². The molecular weight excluding hydrogens is 200 g/mol. The van der Waals surface area contributed by atoms with E-state index in [9.17, 15) is 5.11 Å². The Bertz CT molecular complexity index is 352. The predicted molar refractivity (Wildman–Crippen MR) is 66.7 cm³/mol. The lowest BCUT2D eigenvalue weighted by Crippen LogP contribution is -2.09. The zero-order valence-electron chi connectivity index (χ0n) is 10.2. The van der Waals surface area contributed by atoms with Crippen molar-refractivity contribution in [3.8, 4) is 5.75 Å². The molecule has 0 aliphatic rings. The number of aliphatic hydroxyl groups is 1. The van der Waals surface area contributed by atoms with Gasteiger partial charge in [-0.15, -0.1) is 0 Å². The van der Waals surface area contributed by atoms with Crippen LogP contribution < -0.4 is 4.74 Å². The Morgan fingerprint density at radius 2 is 2.19 bits per heavy atom. The van der Waals surface area contributed by atoms with E-state index in [1.54, 1.807) is 0 Å². The Hall–Kier alpha value is -1.28. The summed E-state index contributed by atoms with van der Waals surface area (Å²) in [6, 6.07) is 7.93. The molecule has 0 spiro atoms. The van der Waals surface area contributed by atoms with Gasteiger partial charge >= 0.3 is 0 Å². The summed E-state index contributed by atoms with van der Waals surface area (Å²) in [6.07, 6.45) is 2.06. The van der Waals surface area contributed by atoms with Crippen LogP contribution >= 0.6 is 0 Å². The maximum absolute atomic E-state index is 9.60. The SMILES string of the molecule is CC(C)=CC(O)CCOc1cccc(C)c1. The zero-order valence-corrected chi connectivity index (χ0v) is 10.2. The molecule has 0 amide bonds. The highest BCUT2D eigenvalue weighted by molar-refractivity contribution is 5.27. The first-order chi connectivity index (χ1) is 7.58. The van der Waals surface area contributed by atoms with Gasteiger partial charge < -0.3 is 9.84 Å². The quantitative estimate of drug-likeness (QED) is 0.773. The minimum Gasteiger partial charge on any atom is -0.493 e. The molecule has 0 aromatic heterocycles. The number of hydrogen-bond acceptors (Lipinski definition) is 2. The molecule has 0 fully saturated rings. The van der Waals surface area contributed by atoms with Crippen molar-refractivity contribution in [1.82, 2.24) is 0 Å². The van der Waals surface area contributed by atoms with E-state index in [4.69, 9.17) is 4.74 Å². The Kier molecular flexibility index (Phi) is 5.06. The van der Waals surface area contributed by atoms with Crippen LogP contribution in [0.5, 0.6) is 5.75 Å². The number of hydrogen-bond donors (Lipinski definition) is 1. The van der Waals surface area contributed by atoms with Crippen LogP contribution in [0.1, 0.15) is 25.8 Å². The number of allylic oxidation sites excluding steroid dienone is 1. The maximum Gasteiger partial charge on any atom is 0.119 e. The highest BCUT2D eigenvalue weighted by Crippen LogP contribution is 2.12. The zero-order chi connectivity index (χ0) is 12.0. The van der Waals surface area contributed by atoms with Crippen molar-refractivity contribution in [2.75, 3.05) is 6.61 Å². The summed E-state index contributed by atoms with van der Waals surface area (Å²) in [7, 11) is 0. The predicted octanol–water partition coefficient (Wildman–Crippen LogP) is 3.09. The number of ether oxygens (including phenoxy) is 1. The average molecular weight is 220 g/mol. The Morgan fingerprint density at radius 1 is 1.44 bits per heavy atom. The van der Waals surface area contributed by atoms with Gasteiger partial charge in [-0.1, -0.05) is 23.8 Å². The van der Waals surface area contributed by atoms with Crippen LogP contribution in [-0.4, -0.2) is 17.8 Å². The van der Waals surface area contributed by atoms with E-state index in [1.165, 1.54) is 5.56 Å². The number of benzene rings is 1. The van der Waals surface area contributed by atoms with Crippen molar-refractivity contribution in [2.45, 2.75) is 33.3 Å². The van der Waals surface area contributed by atoms with E-state index in [0.717, 1.165) is 11.3 Å². The lowest BCUT2D eigenvalue weighted by atomic mass is 10.2. The largest absolute Gasteiger partial charge is 0.493 e. The van der Waals surface area contributed by atoms with E-state index in [1.807, 2.05) is 51.1 Å². The van der Waals surface area contributed by atoms with Crippen molar-refractivity contribution < 1.29 is 9.84 Å². The molecule has 2 nitrogen and oxygen atoms in total. The van der Waals surface area contributed by atoms with Gasteiger partial charge in [0.1, 0.15) is 5.75 Å². The maximum atomic E-state index is 9.60. The molecule has 0 radical (unpaired) electrons. The first kappa shape index (κ1) is 12.8. The van der Waals surface area contributed by atoms with Crippen molar-refractivity contribution in [1.29, 1.82) is 0 Å². The molecule has 0 aliphatic heterocycles. The molecule has 1 N–H and O–H groups in total.